The van der Waals surface area contributed by atoms with Gasteiger partial charge in [-0.2, -0.15) is 0 Å². The lowest BCUT2D eigenvalue weighted by atomic mass is 9.88. The Morgan fingerprint density at radius 1 is 0.932 bits per heavy atom. The Kier molecular flexibility index (Phi) is 13.0. The Labute approximate surface area is 351 Å². The molecule has 12 heteroatoms. The highest BCUT2D eigenvalue weighted by molar-refractivity contribution is 7.22. The Hall–Kier alpha value is -5.33. The minimum atomic E-state index is -0.727. The van der Waals surface area contributed by atoms with Crippen molar-refractivity contribution in [2.75, 3.05) is 49.6 Å². The van der Waals surface area contributed by atoms with Gasteiger partial charge in [-0.05, 0) is 144 Å². The van der Waals surface area contributed by atoms with Gasteiger partial charge in [0.2, 0.25) is 0 Å². The third-order valence-electron chi connectivity index (χ3n) is 11.0. The maximum atomic E-state index is 14.0. The number of para-hydroxylation sites is 1. The fourth-order valence-electron chi connectivity index (χ4n) is 8.10. The fourth-order valence-corrected chi connectivity index (χ4v) is 8.97. The standard InChI is InChI=1S/C47H55N5O6S/c1-7-56-42(53)28-51-23-20-32(21-24-51)26-30(2)29-57-39-16-11-13-34(31(39)3)35-18-19-41(49-43(35)45(55)58-47(4,5)6)52-25-22-33-12-10-14-36(37(33)27-52)44(54)50-46-48-38-15-8-9-17-40(38)59-46/h8-19,30,32H,7,20-29H2,1-6H3,(H,48,50,54). The highest BCUT2D eigenvalue weighted by Crippen LogP contribution is 2.36. The zero-order valence-corrected chi connectivity index (χ0v) is 35.8. The second-order valence-corrected chi connectivity index (χ2v) is 17.8. The van der Waals surface area contributed by atoms with Crippen molar-refractivity contribution >= 4 is 50.3 Å². The molecule has 1 saturated heterocycles. The number of hydrogen-bond acceptors (Lipinski definition) is 11. The Morgan fingerprint density at radius 2 is 1.71 bits per heavy atom. The minimum Gasteiger partial charge on any atom is -0.493 e. The van der Waals surface area contributed by atoms with E-state index in [9.17, 15) is 14.4 Å². The molecule has 0 spiro atoms. The third kappa shape index (κ3) is 10.3. The first-order valence-electron chi connectivity index (χ1n) is 20.7. The van der Waals surface area contributed by atoms with E-state index in [0.717, 1.165) is 70.6 Å². The van der Waals surface area contributed by atoms with E-state index in [1.165, 1.54) is 11.3 Å². The lowest BCUT2D eigenvalue weighted by Gasteiger charge is -2.32. The van der Waals surface area contributed by atoms with E-state index >= 15 is 0 Å². The van der Waals surface area contributed by atoms with Crippen LogP contribution in [-0.4, -0.2) is 77.7 Å². The Balaban J connectivity index is 1.07. The summed E-state index contributed by atoms with van der Waals surface area (Å²) in [7, 11) is 0. The van der Waals surface area contributed by atoms with Crippen molar-refractivity contribution in [1.29, 1.82) is 0 Å². The zero-order chi connectivity index (χ0) is 41.7. The van der Waals surface area contributed by atoms with Crippen LogP contribution in [0.2, 0.25) is 0 Å². The molecule has 4 heterocycles. The normalized spacial score (nSPS) is 15.4. The Bertz CT molecular complexity index is 2280. The molecule has 1 fully saturated rings. The number of piperidine rings is 1. The van der Waals surface area contributed by atoms with Gasteiger partial charge in [-0.15, -0.1) is 0 Å². The summed E-state index contributed by atoms with van der Waals surface area (Å²) in [5, 5.41) is 3.58. The van der Waals surface area contributed by atoms with Gasteiger partial charge < -0.3 is 19.1 Å². The van der Waals surface area contributed by atoms with Crippen LogP contribution in [-0.2, 0) is 27.2 Å². The molecule has 2 aromatic heterocycles. The molecule has 1 amide bonds. The molecular weight excluding hydrogens is 763 g/mol. The van der Waals surface area contributed by atoms with Gasteiger partial charge in [0.1, 0.15) is 17.2 Å². The second kappa shape index (κ2) is 18.3. The van der Waals surface area contributed by atoms with Crippen LogP contribution in [0.4, 0.5) is 10.9 Å². The van der Waals surface area contributed by atoms with Crippen molar-refractivity contribution in [2.24, 2.45) is 11.8 Å². The predicted octanol–water partition coefficient (Wildman–Crippen LogP) is 9.12. The summed E-state index contributed by atoms with van der Waals surface area (Å²) in [4.78, 5) is 53.5. The average molecular weight is 818 g/mol. The summed E-state index contributed by atoms with van der Waals surface area (Å²) in [5.41, 5.74) is 5.42. The molecule has 3 aromatic carbocycles. The molecule has 1 atom stereocenters. The monoisotopic (exact) mass is 817 g/mol. The number of thiazole rings is 1. The molecule has 5 aromatic rings. The summed E-state index contributed by atoms with van der Waals surface area (Å²) in [6.45, 7) is 15.9. The molecule has 0 bridgehead atoms. The number of amides is 1. The molecule has 0 saturated carbocycles. The highest BCUT2D eigenvalue weighted by atomic mass is 32.1. The average Bonchev–Trinajstić information content (AvgIpc) is 3.62. The van der Waals surface area contributed by atoms with E-state index in [1.807, 2.05) is 101 Å². The predicted molar refractivity (Wildman–Crippen MR) is 233 cm³/mol. The SMILES string of the molecule is CCOC(=O)CN1CCC(CC(C)COc2cccc(-c3ccc(N4CCc5cccc(C(=O)Nc6nc7ccccc7s6)c5C4)nc3C(=O)OC(C)(C)C)c2C)CC1. The van der Waals surface area contributed by atoms with Gasteiger partial charge in [0, 0.05) is 24.2 Å². The lowest BCUT2D eigenvalue weighted by molar-refractivity contribution is -0.144. The molecule has 7 rings (SSSR count). The number of ether oxygens (including phenoxy) is 3. The number of anilines is 2. The van der Waals surface area contributed by atoms with Gasteiger partial charge in [0.15, 0.2) is 10.8 Å². The molecule has 2 aliphatic rings. The van der Waals surface area contributed by atoms with Crippen molar-refractivity contribution < 1.29 is 28.6 Å². The lowest BCUT2D eigenvalue weighted by Crippen LogP contribution is -2.38. The number of nitrogens with one attached hydrogen (secondary N) is 1. The summed E-state index contributed by atoms with van der Waals surface area (Å²) < 4.78 is 18.5. The zero-order valence-electron chi connectivity index (χ0n) is 35.0. The van der Waals surface area contributed by atoms with Crippen LogP contribution in [0.3, 0.4) is 0 Å². The number of likely N-dealkylation sites (tertiary alicyclic amines) is 1. The molecule has 11 nitrogen and oxygen atoms in total. The molecular formula is C47H55N5O6S. The van der Waals surface area contributed by atoms with Gasteiger partial charge in [-0.1, -0.05) is 54.7 Å². The molecule has 0 aliphatic carbocycles. The van der Waals surface area contributed by atoms with Crippen LogP contribution < -0.4 is 15.0 Å². The number of carbonyl (C=O) groups excluding carboxylic acids is 3. The van der Waals surface area contributed by atoms with E-state index in [0.29, 0.717) is 73.2 Å². The summed E-state index contributed by atoms with van der Waals surface area (Å²) >= 11 is 1.45. The first kappa shape index (κ1) is 41.8. The van der Waals surface area contributed by atoms with E-state index in [1.54, 1.807) is 0 Å². The van der Waals surface area contributed by atoms with Gasteiger partial charge >= 0.3 is 11.9 Å². The van der Waals surface area contributed by atoms with E-state index in [-0.39, 0.29) is 17.6 Å². The molecule has 1 N–H and O–H groups in total. The number of benzene rings is 3. The van der Waals surface area contributed by atoms with E-state index in [2.05, 4.69) is 33.1 Å². The number of esters is 2. The number of pyridine rings is 1. The van der Waals surface area contributed by atoms with Crippen molar-refractivity contribution in [1.82, 2.24) is 14.9 Å². The van der Waals surface area contributed by atoms with Crippen molar-refractivity contribution in [2.45, 2.75) is 79.4 Å². The summed E-state index contributed by atoms with van der Waals surface area (Å²) in [6.07, 6.45) is 3.88. The van der Waals surface area contributed by atoms with Crippen molar-refractivity contribution in [3.63, 3.8) is 0 Å². The second-order valence-electron chi connectivity index (χ2n) is 16.7. The Morgan fingerprint density at radius 3 is 2.47 bits per heavy atom. The maximum absolute atomic E-state index is 14.0. The van der Waals surface area contributed by atoms with Crippen LogP contribution in [0.25, 0.3) is 21.3 Å². The van der Waals surface area contributed by atoms with Crippen LogP contribution in [0, 0.1) is 18.8 Å². The number of nitrogens with zero attached hydrogens (tertiary/aromatic N) is 4. The van der Waals surface area contributed by atoms with Gasteiger partial charge in [-0.25, -0.2) is 14.8 Å². The third-order valence-corrected chi connectivity index (χ3v) is 12.0. The topological polar surface area (TPSA) is 123 Å². The fraction of sp³-hybridized carbons (Fsp3) is 0.426. The number of fused-ring (bicyclic) bond motifs is 2. The molecule has 310 valence electrons. The number of carbonyl (C=O) groups is 3. The first-order valence-corrected chi connectivity index (χ1v) is 21.5. The van der Waals surface area contributed by atoms with Crippen molar-refractivity contribution in [3.05, 3.63) is 101 Å². The first-order chi connectivity index (χ1) is 28.3. The van der Waals surface area contributed by atoms with Crippen LogP contribution in [0.5, 0.6) is 5.75 Å². The smallest absolute Gasteiger partial charge is 0.358 e. The maximum Gasteiger partial charge on any atom is 0.358 e. The van der Waals surface area contributed by atoms with E-state index in [4.69, 9.17) is 19.2 Å². The van der Waals surface area contributed by atoms with Crippen LogP contribution >= 0.6 is 11.3 Å². The number of rotatable bonds is 13. The van der Waals surface area contributed by atoms with Gasteiger partial charge in [0.05, 0.1) is 30.0 Å². The largest absolute Gasteiger partial charge is 0.493 e. The van der Waals surface area contributed by atoms with Gasteiger partial charge in [-0.3, -0.25) is 19.8 Å². The van der Waals surface area contributed by atoms with Crippen molar-refractivity contribution in [3.8, 4) is 16.9 Å². The quantitative estimate of drug-likeness (QED) is 0.115. The summed E-state index contributed by atoms with van der Waals surface area (Å²) in [5.74, 6) is 1.46. The van der Waals surface area contributed by atoms with Crippen LogP contribution in [0.1, 0.15) is 91.4 Å². The van der Waals surface area contributed by atoms with E-state index < -0.39 is 11.6 Å². The number of aromatic nitrogens is 2. The molecule has 2 aliphatic heterocycles. The van der Waals surface area contributed by atoms with Crippen LogP contribution in [0.15, 0.2) is 72.8 Å². The molecule has 0 radical (unpaired) electrons. The highest BCUT2D eigenvalue weighted by Gasteiger charge is 2.28. The number of hydrogen-bond donors (Lipinski definition) is 1. The molecule has 59 heavy (non-hydrogen) atoms. The molecule has 1 unspecified atom stereocenters. The minimum absolute atomic E-state index is 0.151. The summed E-state index contributed by atoms with van der Waals surface area (Å²) in [6, 6.07) is 23.5. The van der Waals surface area contributed by atoms with Gasteiger partial charge in [0.25, 0.3) is 5.91 Å².